The summed E-state index contributed by atoms with van der Waals surface area (Å²) in [5.41, 5.74) is 4.93. The molecule has 2 heterocycles. The number of ether oxygens (including phenoxy) is 1. The van der Waals surface area contributed by atoms with Gasteiger partial charge in [0, 0.05) is 6.20 Å². The second kappa shape index (κ2) is 4.82. The second-order valence-corrected chi connectivity index (χ2v) is 4.05. The summed E-state index contributed by atoms with van der Waals surface area (Å²) in [5, 5.41) is 18.6. The van der Waals surface area contributed by atoms with Crippen molar-refractivity contribution in [3.05, 3.63) is 22.7 Å². The van der Waals surface area contributed by atoms with E-state index in [1.807, 2.05) is 0 Å². The van der Waals surface area contributed by atoms with Crippen LogP contribution in [0.15, 0.2) is 17.1 Å². The Balaban J connectivity index is 2.16. The number of aliphatic hydroxyl groups excluding tert-OH is 2. The topological polar surface area (TPSA) is 111 Å². The van der Waals surface area contributed by atoms with Crippen molar-refractivity contribution in [3.63, 3.8) is 0 Å². The van der Waals surface area contributed by atoms with Gasteiger partial charge in [-0.05, 0) is 12.5 Å². The molecular formula is C10H15N3O4. The third kappa shape index (κ3) is 2.46. The Labute approximate surface area is 97.5 Å². The van der Waals surface area contributed by atoms with Crippen LogP contribution in [-0.4, -0.2) is 45.2 Å². The minimum absolute atomic E-state index is 0.164. The number of aliphatic hydroxyl groups is 2. The third-order valence-electron chi connectivity index (χ3n) is 2.87. The van der Waals surface area contributed by atoms with Crippen LogP contribution in [0.1, 0.15) is 12.5 Å². The van der Waals surface area contributed by atoms with Crippen molar-refractivity contribution in [1.29, 1.82) is 0 Å². The highest BCUT2D eigenvalue weighted by Gasteiger charge is 2.30. The van der Waals surface area contributed by atoms with E-state index in [0.29, 0.717) is 6.42 Å². The molecule has 0 spiro atoms. The van der Waals surface area contributed by atoms with Gasteiger partial charge in [0.1, 0.15) is 11.9 Å². The molecule has 0 bridgehead atoms. The number of rotatable bonds is 2. The molecule has 1 aromatic rings. The minimum Gasteiger partial charge on any atom is -0.394 e. The first-order valence-corrected chi connectivity index (χ1v) is 5.37. The zero-order valence-electron chi connectivity index (χ0n) is 9.19. The van der Waals surface area contributed by atoms with Crippen molar-refractivity contribution in [2.24, 2.45) is 0 Å². The number of hydrogen-bond donors (Lipinski definition) is 3. The predicted octanol–water partition coefficient (Wildman–Crippen LogP) is -1.49. The summed E-state index contributed by atoms with van der Waals surface area (Å²) in [5.74, 6) is 0.164. The summed E-state index contributed by atoms with van der Waals surface area (Å²) in [6.45, 7) is 0.0244. The molecule has 1 aromatic heterocycles. The SMILES string of the molecule is Nc1ccn([C@H]2CO[C@H](CO)[C@@H](O)C2)c(=O)n1. The van der Waals surface area contributed by atoms with Gasteiger partial charge in [0.05, 0.1) is 25.4 Å². The van der Waals surface area contributed by atoms with E-state index in [0.717, 1.165) is 0 Å². The molecular weight excluding hydrogens is 226 g/mol. The lowest BCUT2D eigenvalue weighted by atomic mass is 10.0. The summed E-state index contributed by atoms with van der Waals surface area (Å²) in [6, 6.07) is 1.24. The molecule has 1 aliphatic rings. The maximum Gasteiger partial charge on any atom is 0.349 e. The van der Waals surface area contributed by atoms with Gasteiger partial charge in [-0.15, -0.1) is 0 Å². The summed E-state index contributed by atoms with van der Waals surface area (Å²) in [4.78, 5) is 15.2. The summed E-state index contributed by atoms with van der Waals surface area (Å²) >= 11 is 0. The average molecular weight is 241 g/mol. The van der Waals surface area contributed by atoms with E-state index >= 15 is 0 Å². The molecule has 1 saturated heterocycles. The Kier molecular flexibility index (Phi) is 3.41. The van der Waals surface area contributed by atoms with Crippen molar-refractivity contribution in [1.82, 2.24) is 9.55 Å². The molecule has 1 fully saturated rings. The van der Waals surface area contributed by atoms with Gasteiger partial charge in [-0.2, -0.15) is 4.98 Å². The fraction of sp³-hybridized carbons (Fsp3) is 0.600. The third-order valence-corrected chi connectivity index (χ3v) is 2.87. The minimum atomic E-state index is -0.789. The van der Waals surface area contributed by atoms with Gasteiger partial charge in [-0.25, -0.2) is 4.79 Å². The molecule has 17 heavy (non-hydrogen) atoms. The van der Waals surface area contributed by atoms with E-state index in [1.165, 1.54) is 16.8 Å². The number of nitrogens with two attached hydrogens (primary N) is 1. The highest BCUT2D eigenvalue weighted by atomic mass is 16.5. The first-order valence-electron chi connectivity index (χ1n) is 5.37. The molecule has 2 rings (SSSR count). The number of aromatic nitrogens is 2. The highest BCUT2D eigenvalue weighted by molar-refractivity contribution is 5.23. The maximum absolute atomic E-state index is 11.6. The van der Waals surface area contributed by atoms with E-state index < -0.39 is 17.9 Å². The number of anilines is 1. The molecule has 4 N–H and O–H groups in total. The van der Waals surface area contributed by atoms with E-state index in [2.05, 4.69) is 4.98 Å². The van der Waals surface area contributed by atoms with Gasteiger partial charge in [0.2, 0.25) is 0 Å². The second-order valence-electron chi connectivity index (χ2n) is 4.05. The lowest BCUT2D eigenvalue weighted by Crippen LogP contribution is -2.43. The first-order chi connectivity index (χ1) is 8.11. The van der Waals surface area contributed by atoms with E-state index in [9.17, 15) is 9.90 Å². The molecule has 3 atom stereocenters. The number of hydrogen-bond acceptors (Lipinski definition) is 6. The van der Waals surface area contributed by atoms with Gasteiger partial charge < -0.3 is 20.7 Å². The molecule has 0 aliphatic carbocycles. The van der Waals surface area contributed by atoms with Crippen molar-refractivity contribution >= 4 is 5.82 Å². The highest BCUT2D eigenvalue weighted by Crippen LogP contribution is 2.22. The van der Waals surface area contributed by atoms with Gasteiger partial charge in [0.25, 0.3) is 0 Å². The zero-order valence-corrected chi connectivity index (χ0v) is 9.19. The molecule has 0 radical (unpaired) electrons. The maximum atomic E-state index is 11.6. The molecule has 0 unspecified atom stereocenters. The summed E-state index contributed by atoms with van der Waals surface area (Å²) in [7, 11) is 0. The van der Waals surface area contributed by atoms with Crippen LogP contribution in [0.4, 0.5) is 5.82 Å². The average Bonchev–Trinajstić information content (AvgIpc) is 2.29. The Bertz CT molecular complexity index is 447. The molecule has 1 aliphatic heterocycles. The van der Waals surface area contributed by atoms with Gasteiger partial charge in [-0.3, -0.25) is 4.57 Å². The standard InChI is InChI=1S/C10H15N3O4/c11-9-1-2-13(10(16)12-9)6-3-7(15)8(4-14)17-5-6/h1-2,6-8,14-15H,3-5H2,(H2,11,12,16)/t6-,7+,8-/m1/s1. The fourth-order valence-electron chi connectivity index (χ4n) is 1.92. The summed E-state index contributed by atoms with van der Waals surface area (Å²) in [6.07, 6.45) is 0.508. The quantitative estimate of drug-likeness (QED) is 0.581. The number of nitrogens with zero attached hydrogens (tertiary/aromatic N) is 2. The Morgan fingerprint density at radius 3 is 3.00 bits per heavy atom. The van der Waals surface area contributed by atoms with Crippen LogP contribution in [0.3, 0.4) is 0 Å². The normalized spacial score (nSPS) is 29.2. The molecule has 94 valence electrons. The first kappa shape index (κ1) is 12.0. The molecule has 0 saturated carbocycles. The Hall–Kier alpha value is -1.44. The predicted molar refractivity (Wildman–Crippen MR) is 59.4 cm³/mol. The van der Waals surface area contributed by atoms with E-state index in [4.69, 9.17) is 15.6 Å². The largest absolute Gasteiger partial charge is 0.394 e. The van der Waals surface area contributed by atoms with Crippen molar-refractivity contribution < 1.29 is 14.9 Å². The Morgan fingerprint density at radius 2 is 2.41 bits per heavy atom. The van der Waals surface area contributed by atoms with Gasteiger partial charge in [-0.1, -0.05) is 0 Å². The number of nitrogen functional groups attached to an aromatic ring is 1. The van der Waals surface area contributed by atoms with Crippen LogP contribution in [-0.2, 0) is 4.74 Å². The Morgan fingerprint density at radius 1 is 1.65 bits per heavy atom. The van der Waals surface area contributed by atoms with Crippen LogP contribution in [0, 0.1) is 0 Å². The molecule has 7 heteroatoms. The van der Waals surface area contributed by atoms with E-state index in [-0.39, 0.29) is 25.1 Å². The molecule has 0 aromatic carbocycles. The lowest BCUT2D eigenvalue weighted by molar-refractivity contribution is -0.113. The zero-order chi connectivity index (χ0) is 12.4. The lowest BCUT2D eigenvalue weighted by Gasteiger charge is -2.32. The van der Waals surface area contributed by atoms with Crippen molar-refractivity contribution in [3.8, 4) is 0 Å². The smallest absolute Gasteiger partial charge is 0.349 e. The van der Waals surface area contributed by atoms with E-state index in [1.54, 1.807) is 0 Å². The van der Waals surface area contributed by atoms with Crippen LogP contribution in [0.2, 0.25) is 0 Å². The molecule has 0 amide bonds. The van der Waals surface area contributed by atoms with Crippen LogP contribution in [0.5, 0.6) is 0 Å². The van der Waals surface area contributed by atoms with Gasteiger partial charge in [0.15, 0.2) is 0 Å². The fourth-order valence-corrected chi connectivity index (χ4v) is 1.92. The van der Waals surface area contributed by atoms with Crippen LogP contribution in [0.25, 0.3) is 0 Å². The van der Waals surface area contributed by atoms with Crippen LogP contribution >= 0.6 is 0 Å². The monoisotopic (exact) mass is 241 g/mol. The van der Waals surface area contributed by atoms with Crippen molar-refractivity contribution in [2.45, 2.75) is 24.7 Å². The van der Waals surface area contributed by atoms with Crippen LogP contribution < -0.4 is 11.4 Å². The van der Waals surface area contributed by atoms with Crippen molar-refractivity contribution in [2.75, 3.05) is 18.9 Å². The van der Waals surface area contributed by atoms with Gasteiger partial charge >= 0.3 is 5.69 Å². The summed E-state index contributed by atoms with van der Waals surface area (Å²) < 4.78 is 6.66. The molecule has 7 nitrogen and oxygen atoms in total.